The molecule has 1 aliphatic carbocycles. The van der Waals surface area contributed by atoms with Gasteiger partial charge in [-0.15, -0.1) is 0 Å². The number of hydrogen-bond acceptors (Lipinski definition) is 3. The van der Waals surface area contributed by atoms with E-state index in [9.17, 15) is 0 Å². The van der Waals surface area contributed by atoms with Crippen molar-refractivity contribution >= 4 is 5.69 Å². The highest BCUT2D eigenvalue weighted by Gasteiger charge is 2.29. The monoisotopic (exact) mass is 285 g/mol. The molecular weight excluding hydrogens is 258 g/mol. The largest absolute Gasteiger partial charge is 0.398 e. The van der Waals surface area contributed by atoms with Crippen molar-refractivity contribution in [1.82, 2.24) is 4.90 Å². The maximum absolute atomic E-state index is 9.05. The van der Waals surface area contributed by atoms with E-state index in [0.29, 0.717) is 0 Å². The molecule has 1 aromatic carbocycles. The van der Waals surface area contributed by atoms with Gasteiger partial charge in [-0.25, -0.2) is 0 Å². The van der Waals surface area contributed by atoms with Crippen molar-refractivity contribution in [2.45, 2.75) is 58.5 Å². The summed E-state index contributed by atoms with van der Waals surface area (Å²) in [7, 11) is 0. The van der Waals surface area contributed by atoms with Crippen molar-refractivity contribution in [3.05, 3.63) is 29.8 Å². The summed E-state index contributed by atoms with van der Waals surface area (Å²) in [6.07, 6.45) is 5.89. The highest BCUT2D eigenvalue weighted by molar-refractivity contribution is 5.46. The van der Waals surface area contributed by atoms with Gasteiger partial charge in [0, 0.05) is 18.3 Å². The quantitative estimate of drug-likeness (QED) is 0.581. The number of anilines is 1. The van der Waals surface area contributed by atoms with Crippen LogP contribution in [0.4, 0.5) is 5.69 Å². The van der Waals surface area contributed by atoms with Crippen LogP contribution in [-0.2, 0) is 6.54 Å². The van der Waals surface area contributed by atoms with Gasteiger partial charge in [0.2, 0.25) is 0 Å². The van der Waals surface area contributed by atoms with Crippen LogP contribution in [0.3, 0.4) is 0 Å². The minimum absolute atomic E-state index is 0.186. The van der Waals surface area contributed by atoms with Crippen molar-refractivity contribution in [2.75, 3.05) is 12.3 Å². The van der Waals surface area contributed by atoms with Gasteiger partial charge >= 0.3 is 0 Å². The Morgan fingerprint density at radius 3 is 2.62 bits per heavy atom. The molecule has 0 atom stereocenters. The molecule has 0 radical (unpaired) electrons. The average Bonchev–Trinajstić information content (AvgIpc) is 3.29. The van der Waals surface area contributed by atoms with Gasteiger partial charge in [-0.05, 0) is 57.7 Å². The van der Waals surface area contributed by atoms with E-state index in [1.807, 2.05) is 26.0 Å². The van der Waals surface area contributed by atoms with Crippen LogP contribution in [0.15, 0.2) is 24.3 Å². The second-order valence-corrected chi connectivity index (χ2v) is 6.85. The third-order valence-electron chi connectivity index (χ3n) is 4.29. The number of nitrogen functional groups attached to an aromatic ring is 1. The van der Waals surface area contributed by atoms with Gasteiger partial charge in [-0.3, -0.25) is 4.90 Å². The summed E-state index contributed by atoms with van der Waals surface area (Å²) in [4.78, 5) is 2.56. The molecule has 0 unspecified atom stereocenters. The summed E-state index contributed by atoms with van der Waals surface area (Å²) in [5.74, 6) is 0. The molecule has 2 rings (SSSR count). The Kier molecular flexibility index (Phi) is 5.25. The first-order valence-electron chi connectivity index (χ1n) is 8.00. The van der Waals surface area contributed by atoms with Crippen LogP contribution in [0.25, 0.3) is 0 Å². The predicted octanol–water partition coefficient (Wildman–Crippen LogP) is 3.95. The lowest BCUT2D eigenvalue weighted by atomic mass is 9.89. The number of rotatable bonds is 8. The van der Waals surface area contributed by atoms with Crippen LogP contribution < -0.4 is 5.73 Å². The standard InChI is InChI=1S/C18H27N3/c1-18(2,14-19)11-5-6-12-21(16-9-10-16)13-15-7-3-4-8-17(15)20/h3-4,7-8,16H,5-6,9-13,20H2,1-2H3. The Hall–Kier alpha value is -1.53. The van der Waals surface area contributed by atoms with Gasteiger partial charge in [-0.2, -0.15) is 5.26 Å². The Bertz CT molecular complexity index is 497. The third kappa shape index (κ3) is 5.06. The second kappa shape index (κ2) is 6.95. The van der Waals surface area contributed by atoms with Gasteiger partial charge in [0.05, 0.1) is 11.5 Å². The van der Waals surface area contributed by atoms with E-state index in [4.69, 9.17) is 11.0 Å². The Balaban J connectivity index is 1.81. The van der Waals surface area contributed by atoms with E-state index in [1.54, 1.807) is 0 Å². The lowest BCUT2D eigenvalue weighted by Gasteiger charge is -2.23. The Morgan fingerprint density at radius 2 is 2.00 bits per heavy atom. The number of benzene rings is 1. The summed E-state index contributed by atoms with van der Waals surface area (Å²) in [5.41, 5.74) is 8.01. The maximum Gasteiger partial charge on any atom is 0.0683 e. The number of unbranched alkanes of at least 4 members (excludes halogenated alkanes) is 1. The first kappa shape index (κ1) is 15.9. The summed E-state index contributed by atoms with van der Waals surface area (Å²) < 4.78 is 0. The Morgan fingerprint density at radius 1 is 1.29 bits per heavy atom. The fourth-order valence-electron chi connectivity index (χ4n) is 2.67. The van der Waals surface area contributed by atoms with E-state index in [2.05, 4.69) is 23.1 Å². The lowest BCUT2D eigenvalue weighted by molar-refractivity contribution is 0.245. The molecule has 0 saturated heterocycles. The highest BCUT2D eigenvalue weighted by atomic mass is 15.2. The smallest absolute Gasteiger partial charge is 0.0683 e. The number of para-hydroxylation sites is 1. The van der Waals surface area contributed by atoms with Gasteiger partial charge in [0.15, 0.2) is 0 Å². The zero-order chi connectivity index (χ0) is 15.3. The predicted molar refractivity (Wildman–Crippen MR) is 87.5 cm³/mol. The van der Waals surface area contributed by atoms with E-state index in [1.165, 1.54) is 18.4 Å². The zero-order valence-corrected chi connectivity index (χ0v) is 13.3. The van der Waals surface area contributed by atoms with Crippen LogP contribution in [0.1, 0.15) is 51.5 Å². The summed E-state index contributed by atoms with van der Waals surface area (Å²) in [6.45, 7) is 6.12. The number of hydrogen-bond donors (Lipinski definition) is 1. The van der Waals surface area contributed by atoms with Crippen LogP contribution in [0, 0.1) is 16.7 Å². The molecule has 0 aliphatic heterocycles. The number of nitrogens with zero attached hydrogens (tertiary/aromatic N) is 2. The fourth-order valence-corrected chi connectivity index (χ4v) is 2.67. The first-order valence-corrected chi connectivity index (χ1v) is 8.00. The van der Waals surface area contributed by atoms with Crippen molar-refractivity contribution in [1.29, 1.82) is 5.26 Å². The maximum atomic E-state index is 9.05. The molecule has 0 bridgehead atoms. The normalized spacial score (nSPS) is 15.1. The van der Waals surface area contributed by atoms with Crippen LogP contribution in [0.2, 0.25) is 0 Å². The minimum atomic E-state index is -0.186. The molecule has 114 valence electrons. The zero-order valence-electron chi connectivity index (χ0n) is 13.3. The molecule has 1 fully saturated rings. The van der Waals surface area contributed by atoms with Crippen LogP contribution >= 0.6 is 0 Å². The molecular formula is C18H27N3. The van der Waals surface area contributed by atoms with E-state index >= 15 is 0 Å². The SMILES string of the molecule is CC(C)(C#N)CCCCN(Cc1ccccc1N)C1CC1. The molecule has 3 nitrogen and oxygen atoms in total. The molecule has 0 heterocycles. The van der Waals surface area contributed by atoms with Gasteiger partial charge in [0.25, 0.3) is 0 Å². The molecule has 0 amide bonds. The highest BCUT2D eigenvalue weighted by Crippen LogP contribution is 2.30. The van der Waals surface area contributed by atoms with Crippen LogP contribution in [-0.4, -0.2) is 17.5 Å². The first-order chi connectivity index (χ1) is 10.0. The van der Waals surface area contributed by atoms with Crippen molar-refractivity contribution in [2.24, 2.45) is 5.41 Å². The van der Waals surface area contributed by atoms with Crippen molar-refractivity contribution < 1.29 is 0 Å². The minimum Gasteiger partial charge on any atom is -0.398 e. The van der Waals surface area contributed by atoms with E-state index in [-0.39, 0.29) is 5.41 Å². The Labute approximate surface area is 128 Å². The molecule has 0 spiro atoms. The van der Waals surface area contributed by atoms with Crippen molar-refractivity contribution in [3.8, 4) is 6.07 Å². The summed E-state index contributed by atoms with van der Waals surface area (Å²) >= 11 is 0. The average molecular weight is 285 g/mol. The van der Waals surface area contributed by atoms with Crippen molar-refractivity contribution in [3.63, 3.8) is 0 Å². The van der Waals surface area contributed by atoms with Gasteiger partial charge < -0.3 is 5.73 Å². The lowest BCUT2D eigenvalue weighted by Crippen LogP contribution is -2.27. The molecule has 3 heteroatoms. The second-order valence-electron chi connectivity index (χ2n) is 6.85. The van der Waals surface area contributed by atoms with E-state index < -0.39 is 0 Å². The molecule has 1 aromatic rings. The summed E-state index contributed by atoms with van der Waals surface area (Å²) in [5, 5.41) is 9.05. The van der Waals surface area contributed by atoms with Gasteiger partial charge in [-0.1, -0.05) is 24.6 Å². The van der Waals surface area contributed by atoms with Gasteiger partial charge in [0.1, 0.15) is 0 Å². The van der Waals surface area contributed by atoms with Crippen LogP contribution in [0.5, 0.6) is 0 Å². The molecule has 1 aliphatic rings. The molecule has 0 aromatic heterocycles. The third-order valence-corrected chi connectivity index (χ3v) is 4.29. The number of nitrogens with two attached hydrogens (primary N) is 1. The number of nitriles is 1. The van der Waals surface area contributed by atoms with E-state index in [0.717, 1.165) is 44.1 Å². The fraction of sp³-hybridized carbons (Fsp3) is 0.611. The molecule has 2 N–H and O–H groups in total. The summed E-state index contributed by atoms with van der Waals surface area (Å²) in [6, 6.07) is 11.3. The molecule has 21 heavy (non-hydrogen) atoms. The topological polar surface area (TPSA) is 53.0 Å². The molecule has 1 saturated carbocycles.